The van der Waals surface area contributed by atoms with E-state index in [9.17, 15) is 4.79 Å². The molecule has 3 nitrogen and oxygen atoms in total. The summed E-state index contributed by atoms with van der Waals surface area (Å²) in [6.45, 7) is 2.47. The molecular formula is C17H20N2O. The van der Waals surface area contributed by atoms with Crippen LogP contribution < -0.4 is 11.1 Å². The van der Waals surface area contributed by atoms with Crippen LogP contribution in [0.3, 0.4) is 0 Å². The highest BCUT2D eigenvalue weighted by Gasteiger charge is 2.08. The molecule has 0 saturated carbocycles. The molecule has 0 radical (unpaired) electrons. The van der Waals surface area contributed by atoms with Crippen molar-refractivity contribution in [3.8, 4) is 0 Å². The zero-order valence-corrected chi connectivity index (χ0v) is 11.7. The van der Waals surface area contributed by atoms with E-state index in [0.717, 1.165) is 16.7 Å². The first-order chi connectivity index (χ1) is 9.65. The Hall–Kier alpha value is -2.13. The van der Waals surface area contributed by atoms with Crippen molar-refractivity contribution in [3.05, 3.63) is 71.3 Å². The third-order valence-electron chi connectivity index (χ3n) is 3.19. The molecule has 0 saturated heterocycles. The number of hydrogen-bond acceptors (Lipinski definition) is 2. The molecule has 0 aliphatic carbocycles. The van der Waals surface area contributed by atoms with E-state index < -0.39 is 0 Å². The number of carbonyl (C=O) groups is 1. The summed E-state index contributed by atoms with van der Waals surface area (Å²) in [4.78, 5) is 11.9. The molecular weight excluding hydrogens is 248 g/mol. The first-order valence-corrected chi connectivity index (χ1v) is 6.78. The van der Waals surface area contributed by atoms with Crippen molar-refractivity contribution in [2.75, 3.05) is 6.54 Å². The monoisotopic (exact) mass is 268 g/mol. The van der Waals surface area contributed by atoms with Crippen molar-refractivity contribution >= 4 is 5.91 Å². The topological polar surface area (TPSA) is 55.1 Å². The summed E-state index contributed by atoms with van der Waals surface area (Å²) in [6, 6.07) is 17.6. The highest BCUT2D eigenvalue weighted by atomic mass is 16.1. The van der Waals surface area contributed by atoms with Crippen molar-refractivity contribution in [1.82, 2.24) is 5.32 Å². The predicted octanol–water partition coefficient (Wildman–Crippen LogP) is 2.35. The second kappa shape index (κ2) is 6.87. The van der Waals surface area contributed by atoms with Crippen LogP contribution in [0.2, 0.25) is 0 Å². The summed E-state index contributed by atoms with van der Waals surface area (Å²) < 4.78 is 0. The van der Waals surface area contributed by atoms with Crippen molar-refractivity contribution < 1.29 is 4.79 Å². The smallest absolute Gasteiger partial charge is 0.224 e. The Labute approximate surface area is 119 Å². The maximum atomic E-state index is 11.9. The fourth-order valence-electron chi connectivity index (χ4n) is 2.11. The van der Waals surface area contributed by atoms with Crippen LogP contribution in [0.15, 0.2) is 54.6 Å². The summed E-state index contributed by atoms with van der Waals surface area (Å²) in [5.74, 6) is 0.00183. The average molecular weight is 268 g/mol. The Morgan fingerprint density at radius 3 is 2.60 bits per heavy atom. The van der Waals surface area contributed by atoms with E-state index in [0.29, 0.717) is 13.0 Å². The summed E-state index contributed by atoms with van der Waals surface area (Å²) >= 11 is 0. The van der Waals surface area contributed by atoms with E-state index in [2.05, 4.69) is 5.32 Å². The van der Waals surface area contributed by atoms with Crippen LogP contribution in [0.25, 0.3) is 0 Å². The number of nitrogens with one attached hydrogen (secondary N) is 1. The maximum absolute atomic E-state index is 11.9. The van der Waals surface area contributed by atoms with Crippen LogP contribution >= 0.6 is 0 Å². The van der Waals surface area contributed by atoms with Crippen molar-refractivity contribution in [2.45, 2.75) is 19.4 Å². The number of benzene rings is 2. The zero-order chi connectivity index (χ0) is 14.4. The molecule has 20 heavy (non-hydrogen) atoms. The second-order valence-electron chi connectivity index (χ2n) is 4.99. The minimum atomic E-state index is -0.169. The molecule has 0 fully saturated rings. The molecule has 0 bridgehead atoms. The van der Waals surface area contributed by atoms with E-state index >= 15 is 0 Å². The van der Waals surface area contributed by atoms with Gasteiger partial charge >= 0.3 is 0 Å². The van der Waals surface area contributed by atoms with E-state index in [1.54, 1.807) is 0 Å². The summed E-state index contributed by atoms with van der Waals surface area (Å²) in [5, 5.41) is 2.88. The molecule has 1 unspecified atom stereocenters. The Kier molecular flexibility index (Phi) is 4.91. The normalized spacial score (nSPS) is 11.9. The van der Waals surface area contributed by atoms with Crippen LogP contribution in [0.1, 0.15) is 22.7 Å². The lowest BCUT2D eigenvalue weighted by Gasteiger charge is -2.13. The van der Waals surface area contributed by atoms with Gasteiger partial charge in [0.1, 0.15) is 0 Å². The molecule has 1 atom stereocenters. The SMILES string of the molecule is Cc1cccc(CC(=O)NCC(N)c2ccccc2)c1. The standard InChI is InChI=1S/C17H20N2O/c1-13-6-5-7-14(10-13)11-17(20)19-12-16(18)15-8-3-2-4-9-15/h2-10,16H,11-12,18H2,1H3,(H,19,20). The Balaban J connectivity index is 1.83. The fraction of sp³-hybridized carbons (Fsp3) is 0.235. The van der Waals surface area contributed by atoms with Gasteiger partial charge in [0, 0.05) is 12.6 Å². The first kappa shape index (κ1) is 14.3. The fourth-order valence-corrected chi connectivity index (χ4v) is 2.11. The second-order valence-corrected chi connectivity index (χ2v) is 4.99. The minimum absolute atomic E-state index is 0.00183. The lowest BCUT2D eigenvalue weighted by molar-refractivity contribution is -0.120. The summed E-state index contributed by atoms with van der Waals surface area (Å²) in [6.07, 6.45) is 0.392. The van der Waals surface area contributed by atoms with Crippen LogP contribution in [0.5, 0.6) is 0 Å². The lowest BCUT2D eigenvalue weighted by atomic mass is 10.1. The maximum Gasteiger partial charge on any atom is 0.224 e. The van der Waals surface area contributed by atoms with E-state index in [-0.39, 0.29) is 11.9 Å². The molecule has 1 amide bonds. The van der Waals surface area contributed by atoms with Gasteiger partial charge in [0.25, 0.3) is 0 Å². The Bertz CT molecular complexity index is 566. The molecule has 2 rings (SSSR count). The molecule has 3 N–H and O–H groups in total. The van der Waals surface area contributed by atoms with Crippen LogP contribution in [0.4, 0.5) is 0 Å². The molecule has 0 heterocycles. The number of carbonyl (C=O) groups excluding carboxylic acids is 1. The largest absolute Gasteiger partial charge is 0.354 e. The molecule has 2 aromatic carbocycles. The number of amides is 1. The van der Waals surface area contributed by atoms with Crippen molar-refractivity contribution in [2.24, 2.45) is 5.73 Å². The van der Waals surface area contributed by atoms with Gasteiger partial charge in [-0.3, -0.25) is 4.79 Å². The molecule has 3 heteroatoms. The third-order valence-corrected chi connectivity index (χ3v) is 3.19. The highest BCUT2D eigenvalue weighted by Crippen LogP contribution is 2.08. The summed E-state index contributed by atoms with van der Waals surface area (Å²) in [5.41, 5.74) is 9.26. The molecule has 2 aromatic rings. The van der Waals surface area contributed by atoms with Crippen molar-refractivity contribution in [1.29, 1.82) is 0 Å². The zero-order valence-electron chi connectivity index (χ0n) is 11.7. The van der Waals surface area contributed by atoms with E-state index in [4.69, 9.17) is 5.73 Å². The third kappa shape index (κ3) is 4.21. The number of rotatable bonds is 5. The number of nitrogens with two attached hydrogens (primary N) is 1. The number of hydrogen-bond donors (Lipinski definition) is 2. The minimum Gasteiger partial charge on any atom is -0.354 e. The van der Waals surface area contributed by atoms with Gasteiger partial charge in [-0.05, 0) is 18.1 Å². The Morgan fingerprint density at radius 2 is 1.90 bits per heavy atom. The van der Waals surface area contributed by atoms with Crippen LogP contribution in [0, 0.1) is 6.92 Å². The van der Waals surface area contributed by atoms with Gasteiger partial charge in [0.15, 0.2) is 0 Å². The first-order valence-electron chi connectivity index (χ1n) is 6.78. The van der Waals surface area contributed by atoms with Crippen LogP contribution in [-0.4, -0.2) is 12.5 Å². The molecule has 0 aliphatic rings. The molecule has 0 aliphatic heterocycles. The predicted molar refractivity (Wildman–Crippen MR) is 81.3 cm³/mol. The Morgan fingerprint density at radius 1 is 1.15 bits per heavy atom. The van der Waals surface area contributed by atoms with Gasteiger partial charge in [0.2, 0.25) is 5.91 Å². The van der Waals surface area contributed by atoms with E-state index in [1.807, 2.05) is 61.5 Å². The van der Waals surface area contributed by atoms with Crippen molar-refractivity contribution in [3.63, 3.8) is 0 Å². The molecule has 0 aromatic heterocycles. The molecule has 0 spiro atoms. The van der Waals surface area contributed by atoms with Gasteiger partial charge in [-0.25, -0.2) is 0 Å². The van der Waals surface area contributed by atoms with Gasteiger partial charge in [-0.15, -0.1) is 0 Å². The van der Waals surface area contributed by atoms with Gasteiger partial charge in [0.05, 0.1) is 6.42 Å². The highest BCUT2D eigenvalue weighted by molar-refractivity contribution is 5.78. The van der Waals surface area contributed by atoms with Gasteiger partial charge in [-0.1, -0.05) is 60.2 Å². The summed E-state index contributed by atoms with van der Waals surface area (Å²) in [7, 11) is 0. The van der Waals surface area contributed by atoms with Crippen LogP contribution in [-0.2, 0) is 11.2 Å². The van der Waals surface area contributed by atoms with E-state index in [1.165, 1.54) is 0 Å². The lowest BCUT2D eigenvalue weighted by Crippen LogP contribution is -2.32. The quantitative estimate of drug-likeness (QED) is 0.874. The average Bonchev–Trinajstić information content (AvgIpc) is 2.46. The van der Waals surface area contributed by atoms with Gasteiger partial charge in [-0.2, -0.15) is 0 Å². The molecule has 104 valence electrons. The number of aryl methyl sites for hydroxylation is 1. The van der Waals surface area contributed by atoms with Gasteiger partial charge < -0.3 is 11.1 Å².